The minimum Gasteiger partial charge on any atom is -0.399 e. The maximum Gasteiger partial charge on any atom is 0.106 e. The topological polar surface area (TPSA) is 30.8 Å². The van der Waals surface area contributed by atoms with Gasteiger partial charge < -0.3 is 9.57 Å². The number of halogens is 2. The summed E-state index contributed by atoms with van der Waals surface area (Å²) in [5.74, 6) is 0. The van der Waals surface area contributed by atoms with Crippen molar-refractivity contribution in [1.82, 2.24) is 0 Å². The molecule has 0 heterocycles. The largest absolute Gasteiger partial charge is 0.399 e. The van der Waals surface area contributed by atoms with Gasteiger partial charge in [0.05, 0.1) is 15.8 Å². The van der Waals surface area contributed by atoms with Gasteiger partial charge in [0.15, 0.2) is 0 Å². The Balaban J connectivity index is 2.72. The molecule has 0 aliphatic carbocycles. The lowest BCUT2D eigenvalue weighted by molar-refractivity contribution is 0.192. The van der Waals surface area contributed by atoms with Crippen LogP contribution in [-0.4, -0.2) is 26.5 Å². The SMILES string of the molecule is COCCCCC(=NOC)c1ccc(Cl)c(Cl)c1. The molecule has 1 aromatic carbocycles. The van der Waals surface area contributed by atoms with Crippen molar-refractivity contribution in [2.24, 2.45) is 5.16 Å². The van der Waals surface area contributed by atoms with Crippen molar-refractivity contribution in [3.8, 4) is 0 Å². The molecule has 100 valence electrons. The van der Waals surface area contributed by atoms with Gasteiger partial charge in [-0.2, -0.15) is 0 Å². The van der Waals surface area contributed by atoms with Crippen molar-refractivity contribution in [1.29, 1.82) is 0 Å². The molecule has 5 heteroatoms. The van der Waals surface area contributed by atoms with Crippen molar-refractivity contribution in [3.63, 3.8) is 0 Å². The maximum absolute atomic E-state index is 5.99. The van der Waals surface area contributed by atoms with Crippen molar-refractivity contribution < 1.29 is 9.57 Å². The average Bonchev–Trinajstić information content (AvgIpc) is 2.37. The first-order valence-electron chi connectivity index (χ1n) is 5.73. The van der Waals surface area contributed by atoms with Crippen LogP contribution in [0.1, 0.15) is 24.8 Å². The summed E-state index contributed by atoms with van der Waals surface area (Å²) in [5, 5.41) is 5.10. The van der Waals surface area contributed by atoms with Crippen LogP contribution in [0.25, 0.3) is 0 Å². The summed E-state index contributed by atoms with van der Waals surface area (Å²) >= 11 is 11.9. The van der Waals surface area contributed by atoms with Crippen LogP contribution >= 0.6 is 23.2 Å². The summed E-state index contributed by atoms with van der Waals surface area (Å²) in [5.41, 5.74) is 1.80. The van der Waals surface area contributed by atoms with Crippen LogP contribution in [0.3, 0.4) is 0 Å². The third-order valence-corrected chi connectivity index (χ3v) is 3.21. The van der Waals surface area contributed by atoms with Gasteiger partial charge in [-0.05, 0) is 31.4 Å². The smallest absolute Gasteiger partial charge is 0.106 e. The van der Waals surface area contributed by atoms with Crippen molar-refractivity contribution >= 4 is 28.9 Å². The molecule has 0 fully saturated rings. The maximum atomic E-state index is 5.99. The first-order valence-corrected chi connectivity index (χ1v) is 6.49. The molecule has 18 heavy (non-hydrogen) atoms. The van der Waals surface area contributed by atoms with E-state index in [9.17, 15) is 0 Å². The van der Waals surface area contributed by atoms with E-state index in [-0.39, 0.29) is 0 Å². The number of ether oxygens (including phenoxy) is 1. The Kier molecular flexibility index (Phi) is 7.09. The van der Waals surface area contributed by atoms with Crippen molar-refractivity contribution in [3.05, 3.63) is 33.8 Å². The molecule has 0 saturated carbocycles. The molecule has 0 aliphatic rings. The minimum atomic E-state index is 0.523. The number of methoxy groups -OCH3 is 1. The van der Waals surface area contributed by atoms with Crippen LogP contribution in [0.5, 0.6) is 0 Å². The highest BCUT2D eigenvalue weighted by molar-refractivity contribution is 6.42. The summed E-state index contributed by atoms with van der Waals surface area (Å²) in [6, 6.07) is 5.46. The van der Waals surface area contributed by atoms with Crippen molar-refractivity contribution in [2.75, 3.05) is 20.8 Å². The first-order chi connectivity index (χ1) is 8.69. The number of rotatable bonds is 7. The number of nitrogens with zero attached hydrogens (tertiary/aromatic N) is 1. The second-order valence-electron chi connectivity index (χ2n) is 3.80. The predicted molar refractivity (Wildman–Crippen MR) is 75.7 cm³/mol. The lowest BCUT2D eigenvalue weighted by atomic mass is 10.0. The van der Waals surface area contributed by atoms with Gasteiger partial charge in [0.25, 0.3) is 0 Å². The Hall–Kier alpha value is -0.770. The molecule has 0 spiro atoms. The van der Waals surface area contributed by atoms with Gasteiger partial charge in [0.2, 0.25) is 0 Å². The van der Waals surface area contributed by atoms with E-state index in [4.69, 9.17) is 32.8 Å². The molecule has 0 aromatic heterocycles. The normalized spacial score (nSPS) is 11.7. The fourth-order valence-corrected chi connectivity index (χ4v) is 1.87. The fraction of sp³-hybridized carbons (Fsp3) is 0.462. The Labute approximate surface area is 118 Å². The van der Waals surface area contributed by atoms with Crippen LogP contribution < -0.4 is 0 Å². The van der Waals surface area contributed by atoms with Crippen molar-refractivity contribution in [2.45, 2.75) is 19.3 Å². The standard InChI is InChI=1S/C13H17Cl2NO2/c1-17-8-4-3-5-13(16-18-2)10-6-7-11(14)12(15)9-10/h6-7,9H,3-5,8H2,1-2H3. The second kappa shape index (κ2) is 8.35. The zero-order valence-electron chi connectivity index (χ0n) is 10.6. The third-order valence-electron chi connectivity index (χ3n) is 2.47. The average molecular weight is 290 g/mol. The van der Waals surface area contributed by atoms with Gasteiger partial charge in [-0.15, -0.1) is 0 Å². The summed E-state index contributed by atoms with van der Waals surface area (Å²) in [6.45, 7) is 0.752. The molecular weight excluding hydrogens is 273 g/mol. The first kappa shape index (κ1) is 15.3. The highest BCUT2D eigenvalue weighted by Crippen LogP contribution is 2.23. The molecule has 0 amide bonds. The molecule has 1 rings (SSSR count). The Morgan fingerprint density at radius 1 is 1.17 bits per heavy atom. The molecule has 0 atom stereocenters. The molecule has 0 radical (unpaired) electrons. The second-order valence-corrected chi connectivity index (χ2v) is 4.61. The number of hydrogen-bond donors (Lipinski definition) is 0. The lowest BCUT2D eigenvalue weighted by Gasteiger charge is -2.07. The summed E-state index contributed by atoms with van der Waals surface area (Å²) in [6.07, 6.45) is 2.78. The minimum absolute atomic E-state index is 0.523. The molecule has 0 bridgehead atoms. The monoisotopic (exact) mass is 289 g/mol. The zero-order chi connectivity index (χ0) is 13.4. The lowest BCUT2D eigenvalue weighted by Crippen LogP contribution is -2.03. The van der Waals surface area contributed by atoms with Gasteiger partial charge in [-0.1, -0.05) is 34.4 Å². The zero-order valence-corrected chi connectivity index (χ0v) is 12.1. The quantitative estimate of drug-likeness (QED) is 0.429. The highest BCUT2D eigenvalue weighted by Gasteiger charge is 2.07. The fourth-order valence-electron chi connectivity index (χ4n) is 1.57. The van der Waals surface area contributed by atoms with Crippen LogP contribution in [0, 0.1) is 0 Å². The van der Waals surface area contributed by atoms with Gasteiger partial charge in [-0.3, -0.25) is 0 Å². The van der Waals surface area contributed by atoms with E-state index in [2.05, 4.69) is 5.16 Å². The van der Waals surface area contributed by atoms with E-state index in [1.165, 1.54) is 7.11 Å². The molecule has 0 aliphatic heterocycles. The molecule has 0 saturated heterocycles. The number of oxime groups is 1. The van der Waals surface area contributed by atoms with Gasteiger partial charge in [0, 0.05) is 19.3 Å². The summed E-state index contributed by atoms with van der Waals surface area (Å²) < 4.78 is 5.01. The summed E-state index contributed by atoms with van der Waals surface area (Å²) in [7, 11) is 3.23. The predicted octanol–water partition coefficient (Wildman–Crippen LogP) is 4.16. The number of unbranched alkanes of at least 4 members (excludes halogenated alkanes) is 1. The Bertz CT molecular complexity index is 408. The van der Waals surface area contributed by atoms with Gasteiger partial charge in [0.1, 0.15) is 7.11 Å². The molecule has 3 nitrogen and oxygen atoms in total. The van der Waals surface area contributed by atoms with E-state index >= 15 is 0 Å². The van der Waals surface area contributed by atoms with Gasteiger partial charge >= 0.3 is 0 Å². The van der Waals surface area contributed by atoms with Crippen LogP contribution in [-0.2, 0) is 9.57 Å². The molecular formula is C13H17Cl2NO2. The Morgan fingerprint density at radius 2 is 1.94 bits per heavy atom. The Morgan fingerprint density at radius 3 is 2.56 bits per heavy atom. The summed E-state index contributed by atoms with van der Waals surface area (Å²) in [4.78, 5) is 4.87. The van der Waals surface area contributed by atoms with Crippen LogP contribution in [0.4, 0.5) is 0 Å². The van der Waals surface area contributed by atoms with E-state index in [1.54, 1.807) is 19.2 Å². The van der Waals surface area contributed by atoms with E-state index in [0.29, 0.717) is 10.0 Å². The van der Waals surface area contributed by atoms with E-state index in [0.717, 1.165) is 37.1 Å². The number of benzene rings is 1. The number of hydrogen-bond acceptors (Lipinski definition) is 3. The highest BCUT2D eigenvalue weighted by atomic mass is 35.5. The molecule has 1 aromatic rings. The van der Waals surface area contributed by atoms with Gasteiger partial charge in [-0.25, -0.2) is 0 Å². The van der Waals surface area contributed by atoms with E-state index < -0.39 is 0 Å². The van der Waals surface area contributed by atoms with Crippen LogP contribution in [0.2, 0.25) is 10.0 Å². The van der Waals surface area contributed by atoms with E-state index in [1.807, 2.05) is 6.07 Å². The molecule has 0 unspecified atom stereocenters. The third kappa shape index (κ3) is 4.84. The molecule has 0 N–H and O–H groups in total. The van der Waals surface area contributed by atoms with Crippen LogP contribution in [0.15, 0.2) is 23.4 Å².